The Bertz CT molecular complexity index is 674. The minimum Gasteiger partial charge on any atom is -0.496 e. The van der Waals surface area contributed by atoms with E-state index in [0.29, 0.717) is 17.1 Å². The summed E-state index contributed by atoms with van der Waals surface area (Å²) in [6.07, 6.45) is 0. The zero-order chi connectivity index (χ0) is 16.8. The Morgan fingerprint density at radius 1 is 1.22 bits per heavy atom. The molecule has 0 bridgehead atoms. The predicted octanol–water partition coefficient (Wildman–Crippen LogP) is 3.38. The van der Waals surface area contributed by atoms with Crippen molar-refractivity contribution in [3.63, 3.8) is 0 Å². The number of carbonyl (C=O) groups is 1. The minimum atomic E-state index is -0.144. The molecule has 4 nitrogen and oxygen atoms in total. The lowest BCUT2D eigenvalue weighted by atomic mass is 10.0. The van der Waals surface area contributed by atoms with Gasteiger partial charge in [-0.2, -0.15) is 0 Å². The lowest BCUT2D eigenvalue weighted by molar-refractivity contribution is 0.0941. The number of hydrogen-bond donors (Lipinski definition) is 1. The van der Waals surface area contributed by atoms with Crippen LogP contribution in [0.5, 0.6) is 5.75 Å². The molecule has 0 aliphatic rings. The van der Waals surface area contributed by atoms with Crippen LogP contribution in [0.4, 0.5) is 0 Å². The fourth-order valence-electron chi connectivity index (χ4n) is 2.43. The van der Waals surface area contributed by atoms with Crippen LogP contribution in [-0.2, 0) is 0 Å². The second-order valence-electron chi connectivity index (χ2n) is 5.44. The number of nitrogens with zero attached hydrogens (tertiary/aromatic N) is 1. The first kappa shape index (κ1) is 17.3. The molecule has 0 saturated carbocycles. The topological polar surface area (TPSA) is 41.6 Å². The van der Waals surface area contributed by atoms with Crippen LogP contribution < -0.4 is 10.1 Å². The number of ether oxygens (including phenoxy) is 1. The highest BCUT2D eigenvalue weighted by Gasteiger charge is 2.19. The van der Waals surface area contributed by atoms with Crippen LogP contribution in [0.15, 0.2) is 48.5 Å². The molecule has 1 unspecified atom stereocenters. The summed E-state index contributed by atoms with van der Waals surface area (Å²) in [5.74, 6) is 0.664. The molecule has 1 atom stereocenters. The zero-order valence-electron chi connectivity index (χ0n) is 13.5. The van der Waals surface area contributed by atoms with Crippen molar-refractivity contribution in [1.82, 2.24) is 10.2 Å². The molecule has 23 heavy (non-hydrogen) atoms. The highest BCUT2D eigenvalue weighted by atomic mass is 35.5. The van der Waals surface area contributed by atoms with Crippen LogP contribution in [-0.4, -0.2) is 38.6 Å². The largest absolute Gasteiger partial charge is 0.496 e. The summed E-state index contributed by atoms with van der Waals surface area (Å²) < 4.78 is 5.43. The molecule has 0 saturated heterocycles. The van der Waals surface area contributed by atoms with E-state index in [2.05, 4.69) is 10.2 Å². The smallest absolute Gasteiger partial charge is 0.251 e. The maximum Gasteiger partial charge on any atom is 0.251 e. The number of benzene rings is 2. The lowest BCUT2D eigenvalue weighted by Gasteiger charge is -2.26. The number of carbonyl (C=O) groups excluding carboxylic acids is 1. The molecule has 2 aromatic rings. The van der Waals surface area contributed by atoms with E-state index in [4.69, 9.17) is 16.3 Å². The van der Waals surface area contributed by atoms with Crippen molar-refractivity contribution in [3.05, 3.63) is 64.7 Å². The molecule has 0 radical (unpaired) electrons. The van der Waals surface area contributed by atoms with Crippen molar-refractivity contribution >= 4 is 17.5 Å². The molecular weight excluding hydrogens is 312 g/mol. The van der Waals surface area contributed by atoms with Gasteiger partial charge < -0.3 is 15.0 Å². The third-order valence-corrected chi connectivity index (χ3v) is 3.90. The van der Waals surface area contributed by atoms with Crippen LogP contribution >= 0.6 is 11.6 Å². The molecular formula is C18H21ClN2O2. The molecule has 2 rings (SSSR count). The van der Waals surface area contributed by atoms with E-state index in [-0.39, 0.29) is 11.9 Å². The molecule has 122 valence electrons. The van der Waals surface area contributed by atoms with E-state index < -0.39 is 0 Å². The van der Waals surface area contributed by atoms with Crippen molar-refractivity contribution in [2.24, 2.45) is 0 Å². The number of likely N-dealkylation sites (N-methyl/N-ethyl adjacent to an activating group) is 1. The number of methoxy groups -OCH3 is 1. The van der Waals surface area contributed by atoms with E-state index in [0.717, 1.165) is 11.3 Å². The highest BCUT2D eigenvalue weighted by Crippen LogP contribution is 2.27. The monoisotopic (exact) mass is 332 g/mol. The number of halogens is 1. The maximum atomic E-state index is 12.3. The number of para-hydroxylation sites is 1. The van der Waals surface area contributed by atoms with E-state index in [1.807, 2.05) is 38.4 Å². The van der Waals surface area contributed by atoms with Gasteiger partial charge in [0.2, 0.25) is 0 Å². The van der Waals surface area contributed by atoms with Crippen LogP contribution in [0.1, 0.15) is 22.0 Å². The molecule has 0 aromatic heterocycles. The van der Waals surface area contributed by atoms with Gasteiger partial charge in [-0.25, -0.2) is 0 Å². The van der Waals surface area contributed by atoms with Gasteiger partial charge in [0.15, 0.2) is 0 Å². The van der Waals surface area contributed by atoms with Crippen molar-refractivity contribution < 1.29 is 9.53 Å². The molecule has 0 fully saturated rings. The second kappa shape index (κ2) is 7.99. The quantitative estimate of drug-likeness (QED) is 0.881. The summed E-state index contributed by atoms with van der Waals surface area (Å²) in [7, 11) is 5.60. The Morgan fingerprint density at radius 2 is 1.96 bits per heavy atom. The van der Waals surface area contributed by atoms with Gasteiger partial charge in [-0.3, -0.25) is 4.79 Å². The number of nitrogens with one attached hydrogen (secondary N) is 1. The summed E-state index contributed by atoms with van der Waals surface area (Å²) >= 11 is 5.93. The van der Waals surface area contributed by atoms with Gasteiger partial charge in [-0.05, 0) is 38.4 Å². The highest BCUT2D eigenvalue weighted by molar-refractivity contribution is 6.30. The molecule has 1 N–H and O–H groups in total. The van der Waals surface area contributed by atoms with Gasteiger partial charge in [-0.1, -0.05) is 35.9 Å². The summed E-state index contributed by atoms with van der Waals surface area (Å²) in [6.45, 7) is 0.471. The van der Waals surface area contributed by atoms with Gasteiger partial charge in [0.25, 0.3) is 5.91 Å². The van der Waals surface area contributed by atoms with Gasteiger partial charge in [0.1, 0.15) is 5.75 Å². The normalized spacial score (nSPS) is 12.0. The lowest BCUT2D eigenvalue weighted by Crippen LogP contribution is -2.34. The van der Waals surface area contributed by atoms with Crippen LogP contribution in [0, 0.1) is 0 Å². The van der Waals surface area contributed by atoms with E-state index >= 15 is 0 Å². The van der Waals surface area contributed by atoms with E-state index in [9.17, 15) is 4.79 Å². The molecule has 2 aromatic carbocycles. The number of rotatable bonds is 6. The molecule has 5 heteroatoms. The molecule has 0 aliphatic carbocycles. The number of amides is 1. The van der Waals surface area contributed by atoms with Gasteiger partial charge in [0, 0.05) is 22.7 Å². The fourth-order valence-corrected chi connectivity index (χ4v) is 2.62. The third kappa shape index (κ3) is 4.47. The number of hydrogen-bond acceptors (Lipinski definition) is 3. The van der Waals surface area contributed by atoms with Crippen LogP contribution in [0.3, 0.4) is 0 Å². The van der Waals surface area contributed by atoms with Crippen molar-refractivity contribution in [2.45, 2.75) is 6.04 Å². The third-order valence-electron chi connectivity index (χ3n) is 3.66. The summed E-state index contributed by atoms with van der Waals surface area (Å²) in [6, 6.07) is 14.7. The fraction of sp³-hybridized carbons (Fsp3) is 0.278. The summed E-state index contributed by atoms with van der Waals surface area (Å²) in [5, 5.41) is 3.51. The first-order chi connectivity index (χ1) is 11.0. The van der Waals surface area contributed by atoms with Gasteiger partial charge >= 0.3 is 0 Å². The van der Waals surface area contributed by atoms with Gasteiger partial charge in [-0.15, -0.1) is 0 Å². The summed E-state index contributed by atoms with van der Waals surface area (Å²) in [5.41, 5.74) is 1.58. The van der Waals surface area contributed by atoms with Crippen LogP contribution in [0.25, 0.3) is 0 Å². The van der Waals surface area contributed by atoms with Crippen LogP contribution in [0.2, 0.25) is 5.02 Å². The Morgan fingerprint density at radius 3 is 2.61 bits per heavy atom. The average Bonchev–Trinajstić information content (AvgIpc) is 2.55. The standard InChI is InChI=1S/C18H21ClN2O2/c1-21(2)16(15-9-4-5-10-17(15)23-3)12-20-18(22)13-7-6-8-14(19)11-13/h4-11,16H,12H2,1-3H3,(H,20,22). The maximum absolute atomic E-state index is 12.3. The van der Waals surface area contributed by atoms with E-state index in [1.165, 1.54) is 0 Å². The van der Waals surface area contributed by atoms with Gasteiger partial charge in [0.05, 0.1) is 13.2 Å². The average molecular weight is 333 g/mol. The summed E-state index contributed by atoms with van der Waals surface area (Å²) in [4.78, 5) is 14.3. The minimum absolute atomic E-state index is 0.00860. The molecule has 0 spiro atoms. The van der Waals surface area contributed by atoms with Crippen molar-refractivity contribution in [2.75, 3.05) is 27.7 Å². The molecule has 1 amide bonds. The van der Waals surface area contributed by atoms with E-state index in [1.54, 1.807) is 31.4 Å². The van der Waals surface area contributed by atoms with Crippen molar-refractivity contribution in [3.8, 4) is 5.75 Å². The Balaban J connectivity index is 2.13. The first-order valence-corrected chi connectivity index (χ1v) is 7.74. The SMILES string of the molecule is COc1ccccc1C(CNC(=O)c1cccc(Cl)c1)N(C)C. The molecule has 0 heterocycles. The first-order valence-electron chi connectivity index (χ1n) is 7.36. The van der Waals surface area contributed by atoms with Crippen molar-refractivity contribution in [1.29, 1.82) is 0 Å². The Kier molecular flexibility index (Phi) is 6.02. The molecule has 0 aliphatic heterocycles. The Labute approximate surface area is 142 Å². The predicted molar refractivity (Wildman–Crippen MR) is 93.2 cm³/mol. The Hall–Kier alpha value is -2.04. The zero-order valence-corrected chi connectivity index (χ0v) is 14.3. The second-order valence-corrected chi connectivity index (χ2v) is 5.88.